The average molecular weight is 362 g/mol. The van der Waals surface area contributed by atoms with Gasteiger partial charge < -0.3 is 10.2 Å². The van der Waals surface area contributed by atoms with Crippen molar-refractivity contribution in [1.82, 2.24) is 5.32 Å². The SMILES string of the molecule is CC1CC(C)(C)N2C(=O)/C(=C3\SC(=S)NC3=O)c3cc(F)cc1c32. The van der Waals surface area contributed by atoms with Gasteiger partial charge >= 0.3 is 0 Å². The number of halogens is 1. The summed E-state index contributed by atoms with van der Waals surface area (Å²) in [4.78, 5) is 27.3. The van der Waals surface area contributed by atoms with Crippen LogP contribution in [0.2, 0.25) is 0 Å². The summed E-state index contributed by atoms with van der Waals surface area (Å²) in [6.45, 7) is 6.03. The molecule has 1 atom stereocenters. The first kappa shape index (κ1) is 15.8. The van der Waals surface area contributed by atoms with Gasteiger partial charge in [0.2, 0.25) is 0 Å². The summed E-state index contributed by atoms with van der Waals surface area (Å²) in [7, 11) is 0. The van der Waals surface area contributed by atoms with Crippen LogP contribution in [0.1, 0.15) is 44.2 Å². The number of anilines is 1. The molecule has 7 heteroatoms. The van der Waals surface area contributed by atoms with Crippen LogP contribution in [0.3, 0.4) is 0 Å². The van der Waals surface area contributed by atoms with Crippen molar-refractivity contribution < 1.29 is 14.0 Å². The molecule has 0 saturated carbocycles. The molecule has 1 unspecified atom stereocenters. The monoisotopic (exact) mass is 362 g/mol. The summed E-state index contributed by atoms with van der Waals surface area (Å²) < 4.78 is 14.5. The number of benzene rings is 1. The lowest BCUT2D eigenvalue weighted by Gasteiger charge is -2.43. The third-order valence-electron chi connectivity index (χ3n) is 4.80. The zero-order valence-electron chi connectivity index (χ0n) is 13.4. The molecule has 4 rings (SSSR count). The summed E-state index contributed by atoms with van der Waals surface area (Å²) in [5.41, 5.74) is 1.91. The summed E-state index contributed by atoms with van der Waals surface area (Å²) in [6.07, 6.45) is 0.731. The number of carbonyl (C=O) groups is 2. The van der Waals surface area contributed by atoms with Gasteiger partial charge in [0, 0.05) is 11.1 Å². The van der Waals surface area contributed by atoms with Gasteiger partial charge in [-0.15, -0.1) is 0 Å². The second-order valence-corrected chi connectivity index (χ2v) is 8.68. The lowest BCUT2D eigenvalue weighted by molar-refractivity contribution is -0.116. The van der Waals surface area contributed by atoms with Crippen molar-refractivity contribution in [2.75, 3.05) is 4.90 Å². The molecule has 0 aromatic heterocycles. The molecule has 2 amide bonds. The number of thiocarbonyl (C=S) groups is 1. The van der Waals surface area contributed by atoms with Gasteiger partial charge in [0.15, 0.2) is 0 Å². The number of nitrogens with zero attached hydrogens (tertiary/aromatic N) is 1. The molecule has 4 nitrogen and oxygen atoms in total. The van der Waals surface area contributed by atoms with E-state index < -0.39 is 17.3 Å². The van der Waals surface area contributed by atoms with Gasteiger partial charge in [-0.25, -0.2) is 4.39 Å². The smallest absolute Gasteiger partial charge is 0.264 e. The number of nitrogens with one attached hydrogen (secondary N) is 1. The minimum absolute atomic E-state index is 0.129. The van der Waals surface area contributed by atoms with E-state index in [1.807, 2.05) is 20.8 Å². The van der Waals surface area contributed by atoms with Crippen LogP contribution >= 0.6 is 24.0 Å². The average Bonchev–Trinajstić information content (AvgIpc) is 2.92. The van der Waals surface area contributed by atoms with E-state index in [0.717, 1.165) is 29.4 Å². The minimum atomic E-state index is -0.404. The predicted octanol–water partition coefficient (Wildman–Crippen LogP) is 3.32. The van der Waals surface area contributed by atoms with Gasteiger partial charge in [-0.1, -0.05) is 30.9 Å². The lowest BCUT2D eigenvalue weighted by atomic mass is 9.80. The summed E-state index contributed by atoms with van der Waals surface area (Å²) in [5, 5.41) is 2.54. The van der Waals surface area contributed by atoms with Crippen LogP contribution in [-0.2, 0) is 9.59 Å². The zero-order valence-corrected chi connectivity index (χ0v) is 15.0. The van der Waals surface area contributed by atoms with Gasteiger partial charge in [0.25, 0.3) is 11.8 Å². The molecular formula is C17H15FN2O2S2. The number of hydrogen-bond donors (Lipinski definition) is 1. The Hall–Kier alpha value is -1.73. The van der Waals surface area contributed by atoms with Crippen LogP contribution in [-0.4, -0.2) is 21.7 Å². The number of amides is 2. The van der Waals surface area contributed by atoms with Gasteiger partial charge in [-0.2, -0.15) is 0 Å². The Morgan fingerprint density at radius 2 is 2.08 bits per heavy atom. The molecule has 24 heavy (non-hydrogen) atoms. The van der Waals surface area contributed by atoms with E-state index in [2.05, 4.69) is 5.32 Å². The van der Waals surface area contributed by atoms with Crippen LogP contribution < -0.4 is 10.2 Å². The van der Waals surface area contributed by atoms with E-state index in [9.17, 15) is 14.0 Å². The molecule has 3 aliphatic rings. The molecule has 1 N–H and O–H groups in total. The van der Waals surface area contributed by atoms with E-state index in [-0.39, 0.29) is 22.3 Å². The Morgan fingerprint density at radius 1 is 1.38 bits per heavy atom. The molecule has 1 fully saturated rings. The molecule has 0 radical (unpaired) electrons. The summed E-state index contributed by atoms with van der Waals surface area (Å²) >= 11 is 6.09. The standard InChI is InChI=1S/C17H15FN2O2S2/c1-7-6-17(2,3)20-12-9(7)4-8(18)5-10(12)11(15(20)22)13-14(21)19-16(23)24-13/h4-5,7H,6H2,1-3H3,(H,19,21,23)/b13-11-. The quantitative estimate of drug-likeness (QED) is 0.568. The summed E-state index contributed by atoms with van der Waals surface area (Å²) in [6, 6.07) is 2.85. The van der Waals surface area contributed by atoms with Crippen molar-refractivity contribution in [2.24, 2.45) is 0 Å². The van der Waals surface area contributed by atoms with E-state index in [0.29, 0.717) is 9.88 Å². The minimum Gasteiger partial charge on any atom is -0.307 e. The second kappa shape index (κ2) is 4.89. The first-order chi connectivity index (χ1) is 11.2. The Kier molecular flexibility index (Phi) is 3.22. The van der Waals surface area contributed by atoms with Crippen LogP contribution in [0.15, 0.2) is 17.0 Å². The van der Waals surface area contributed by atoms with Crippen LogP contribution in [0.4, 0.5) is 10.1 Å². The zero-order chi connectivity index (χ0) is 17.4. The maximum atomic E-state index is 14.2. The van der Waals surface area contributed by atoms with Crippen LogP contribution in [0, 0.1) is 5.82 Å². The molecule has 0 bridgehead atoms. The molecule has 3 aliphatic heterocycles. The molecule has 124 valence electrons. The number of carbonyl (C=O) groups excluding carboxylic acids is 2. The van der Waals surface area contributed by atoms with Crippen molar-refractivity contribution in [3.05, 3.63) is 34.0 Å². The van der Waals surface area contributed by atoms with Crippen LogP contribution in [0.25, 0.3) is 5.57 Å². The number of hydrogen-bond acceptors (Lipinski definition) is 4. The van der Waals surface area contributed by atoms with Crippen molar-refractivity contribution in [1.29, 1.82) is 0 Å². The molecular weight excluding hydrogens is 347 g/mol. The van der Waals surface area contributed by atoms with E-state index in [1.54, 1.807) is 4.90 Å². The highest BCUT2D eigenvalue weighted by atomic mass is 32.2. The highest BCUT2D eigenvalue weighted by Crippen LogP contribution is 2.53. The maximum absolute atomic E-state index is 14.2. The number of rotatable bonds is 0. The van der Waals surface area contributed by atoms with Crippen molar-refractivity contribution >= 4 is 51.4 Å². The van der Waals surface area contributed by atoms with Crippen molar-refractivity contribution in [3.8, 4) is 0 Å². The van der Waals surface area contributed by atoms with Crippen LogP contribution in [0.5, 0.6) is 0 Å². The fourth-order valence-electron chi connectivity index (χ4n) is 3.99. The molecule has 0 spiro atoms. The Morgan fingerprint density at radius 3 is 2.71 bits per heavy atom. The highest BCUT2D eigenvalue weighted by molar-refractivity contribution is 8.27. The van der Waals surface area contributed by atoms with E-state index in [4.69, 9.17) is 12.2 Å². The lowest BCUT2D eigenvalue weighted by Crippen LogP contribution is -2.49. The molecule has 1 saturated heterocycles. The number of thioether (sulfide) groups is 1. The third kappa shape index (κ3) is 2.01. The Bertz CT molecular complexity index is 876. The summed E-state index contributed by atoms with van der Waals surface area (Å²) in [5.74, 6) is -0.911. The Balaban J connectivity index is 2.06. The van der Waals surface area contributed by atoms with Crippen molar-refractivity contribution in [3.63, 3.8) is 0 Å². The highest BCUT2D eigenvalue weighted by Gasteiger charge is 2.49. The molecule has 1 aromatic rings. The van der Waals surface area contributed by atoms with Gasteiger partial charge in [0.1, 0.15) is 10.1 Å². The predicted molar refractivity (Wildman–Crippen MR) is 96.2 cm³/mol. The largest absolute Gasteiger partial charge is 0.307 e. The molecule has 3 heterocycles. The first-order valence-electron chi connectivity index (χ1n) is 7.66. The van der Waals surface area contributed by atoms with E-state index in [1.165, 1.54) is 12.1 Å². The fraction of sp³-hybridized carbons (Fsp3) is 0.353. The van der Waals surface area contributed by atoms with E-state index >= 15 is 0 Å². The fourth-order valence-corrected chi connectivity index (χ4v) is 5.11. The third-order valence-corrected chi connectivity index (χ3v) is 6.03. The normalized spacial score (nSPS) is 27.6. The first-order valence-corrected chi connectivity index (χ1v) is 8.89. The second-order valence-electron chi connectivity index (χ2n) is 7.00. The topological polar surface area (TPSA) is 49.4 Å². The van der Waals surface area contributed by atoms with Gasteiger partial charge in [-0.05, 0) is 43.9 Å². The van der Waals surface area contributed by atoms with Gasteiger partial charge in [-0.3, -0.25) is 9.59 Å². The van der Waals surface area contributed by atoms with Gasteiger partial charge in [0.05, 0.1) is 16.2 Å². The maximum Gasteiger partial charge on any atom is 0.264 e. The molecule has 0 aliphatic carbocycles. The molecule has 1 aromatic carbocycles. The Labute approximate surface area is 148 Å². The van der Waals surface area contributed by atoms with Crippen molar-refractivity contribution in [2.45, 2.75) is 38.6 Å².